The molecule has 4 heteroatoms. The first kappa shape index (κ1) is 11.9. The van der Waals surface area contributed by atoms with E-state index in [1.165, 1.54) is 37.2 Å². The second-order valence-corrected chi connectivity index (χ2v) is 5.50. The van der Waals surface area contributed by atoms with E-state index >= 15 is 0 Å². The Bertz CT molecular complexity index is 395. The van der Waals surface area contributed by atoms with Crippen LogP contribution in [0.25, 0.3) is 0 Å². The van der Waals surface area contributed by atoms with E-state index in [1.807, 2.05) is 12.4 Å². The van der Waals surface area contributed by atoms with Crippen molar-refractivity contribution in [3.05, 3.63) is 24.0 Å². The normalized spacial score (nSPS) is 28.7. The molecule has 4 nitrogen and oxygen atoms in total. The Labute approximate surface area is 109 Å². The van der Waals surface area contributed by atoms with Crippen LogP contribution in [-0.4, -0.2) is 48.1 Å². The molecule has 3 rings (SSSR count). The number of nitrogens with one attached hydrogen (secondary N) is 2. The molecule has 1 aromatic rings. The molecule has 1 aliphatic carbocycles. The van der Waals surface area contributed by atoms with E-state index in [4.69, 9.17) is 0 Å². The lowest BCUT2D eigenvalue weighted by Gasteiger charge is -2.45. The van der Waals surface area contributed by atoms with E-state index in [0.29, 0.717) is 6.04 Å². The van der Waals surface area contributed by atoms with E-state index in [9.17, 15) is 0 Å². The lowest BCUT2D eigenvalue weighted by atomic mass is 9.85. The number of nitrogens with zero attached hydrogens (tertiary/aromatic N) is 2. The molecule has 1 aromatic heterocycles. The fraction of sp³-hybridized carbons (Fsp3) is 0.643. The number of aromatic nitrogens is 1. The minimum Gasteiger partial charge on any atom is -0.381 e. The fourth-order valence-corrected chi connectivity index (χ4v) is 2.92. The first-order valence-electron chi connectivity index (χ1n) is 6.94. The minimum absolute atomic E-state index is 0.633. The summed E-state index contributed by atoms with van der Waals surface area (Å²) in [5.74, 6) is 0. The third-order valence-corrected chi connectivity index (χ3v) is 4.03. The Hall–Kier alpha value is -1.13. The van der Waals surface area contributed by atoms with Crippen molar-refractivity contribution in [1.29, 1.82) is 0 Å². The van der Waals surface area contributed by atoms with Gasteiger partial charge in [0.15, 0.2) is 0 Å². The summed E-state index contributed by atoms with van der Waals surface area (Å²) in [7, 11) is 0. The van der Waals surface area contributed by atoms with Gasteiger partial charge in [-0.05, 0) is 31.4 Å². The predicted octanol–water partition coefficient (Wildman–Crippen LogP) is 1.24. The zero-order chi connectivity index (χ0) is 12.4. The number of pyridine rings is 1. The van der Waals surface area contributed by atoms with E-state index in [2.05, 4.69) is 33.5 Å². The molecule has 1 saturated carbocycles. The molecule has 98 valence electrons. The highest BCUT2D eigenvalue weighted by Gasteiger charge is 2.33. The highest BCUT2D eigenvalue weighted by molar-refractivity contribution is 5.44. The van der Waals surface area contributed by atoms with Crippen molar-refractivity contribution in [2.45, 2.75) is 31.8 Å². The Morgan fingerprint density at radius 1 is 1.28 bits per heavy atom. The van der Waals surface area contributed by atoms with E-state index < -0.39 is 0 Å². The summed E-state index contributed by atoms with van der Waals surface area (Å²) in [6, 6.07) is 3.60. The zero-order valence-corrected chi connectivity index (χ0v) is 11.0. The quantitative estimate of drug-likeness (QED) is 0.842. The van der Waals surface area contributed by atoms with Crippen LogP contribution in [0.2, 0.25) is 0 Å². The molecule has 2 fully saturated rings. The van der Waals surface area contributed by atoms with Gasteiger partial charge in [0.25, 0.3) is 0 Å². The fourth-order valence-electron chi connectivity index (χ4n) is 2.92. The van der Waals surface area contributed by atoms with Crippen molar-refractivity contribution >= 4 is 5.69 Å². The van der Waals surface area contributed by atoms with Crippen molar-refractivity contribution < 1.29 is 0 Å². The van der Waals surface area contributed by atoms with Gasteiger partial charge in [-0.2, -0.15) is 0 Å². The molecule has 0 bridgehead atoms. The topological polar surface area (TPSA) is 40.2 Å². The van der Waals surface area contributed by atoms with Crippen LogP contribution in [-0.2, 0) is 0 Å². The number of rotatable bonds is 3. The van der Waals surface area contributed by atoms with Gasteiger partial charge in [0.2, 0.25) is 0 Å². The highest BCUT2D eigenvalue weighted by Crippen LogP contribution is 2.28. The molecular weight excluding hydrogens is 224 g/mol. The van der Waals surface area contributed by atoms with Crippen LogP contribution >= 0.6 is 0 Å². The molecule has 1 aliphatic heterocycles. The van der Waals surface area contributed by atoms with Gasteiger partial charge >= 0.3 is 0 Å². The Morgan fingerprint density at radius 2 is 2.06 bits per heavy atom. The molecule has 18 heavy (non-hydrogen) atoms. The van der Waals surface area contributed by atoms with Crippen LogP contribution in [0.15, 0.2) is 18.5 Å². The number of hydrogen-bond donors (Lipinski definition) is 2. The number of hydrogen-bond acceptors (Lipinski definition) is 4. The maximum absolute atomic E-state index is 4.22. The standard InChI is InChI=1S/C14H22N4/c1-11-6-13(10-16-9-11)17-12-7-14(8-12)18-4-2-15-3-5-18/h6,9-10,12,14-15,17H,2-5,7-8H2,1H3. The Morgan fingerprint density at radius 3 is 2.78 bits per heavy atom. The van der Waals surface area contributed by atoms with Gasteiger partial charge < -0.3 is 10.6 Å². The zero-order valence-electron chi connectivity index (χ0n) is 11.0. The third-order valence-electron chi connectivity index (χ3n) is 4.03. The second kappa shape index (κ2) is 5.24. The molecular formula is C14H22N4. The van der Waals surface area contributed by atoms with E-state index in [-0.39, 0.29) is 0 Å². The lowest BCUT2D eigenvalue weighted by molar-refractivity contribution is 0.103. The summed E-state index contributed by atoms with van der Waals surface area (Å²) < 4.78 is 0. The van der Waals surface area contributed by atoms with Gasteiger partial charge in [0.05, 0.1) is 5.69 Å². The van der Waals surface area contributed by atoms with Crippen LogP contribution < -0.4 is 10.6 Å². The molecule has 2 N–H and O–H groups in total. The Balaban J connectivity index is 1.47. The van der Waals surface area contributed by atoms with E-state index in [1.54, 1.807) is 0 Å². The highest BCUT2D eigenvalue weighted by atomic mass is 15.2. The average molecular weight is 246 g/mol. The third kappa shape index (κ3) is 2.65. The van der Waals surface area contributed by atoms with Gasteiger partial charge in [-0.25, -0.2) is 0 Å². The van der Waals surface area contributed by atoms with Crippen LogP contribution in [0.4, 0.5) is 5.69 Å². The monoisotopic (exact) mass is 246 g/mol. The summed E-state index contributed by atoms with van der Waals surface area (Å²) >= 11 is 0. The van der Waals surface area contributed by atoms with Crippen molar-refractivity contribution in [2.24, 2.45) is 0 Å². The first-order chi connectivity index (χ1) is 8.81. The van der Waals surface area contributed by atoms with Gasteiger partial charge in [0.1, 0.15) is 0 Å². The smallest absolute Gasteiger partial charge is 0.0531 e. The molecule has 0 amide bonds. The molecule has 0 aromatic carbocycles. The maximum atomic E-state index is 4.22. The van der Waals surface area contributed by atoms with Crippen molar-refractivity contribution in [3.63, 3.8) is 0 Å². The first-order valence-corrected chi connectivity index (χ1v) is 6.94. The van der Waals surface area contributed by atoms with Crippen LogP contribution in [0, 0.1) is 6.92 Å². The lowest BCUT2D eigenvalue weighted by Crippen LogP contribution is -2.55. The summed E-state index contributed by atoms with van der Waals surface area (Å²) in [6.45, 7) is 6.81. The Kier molecular flexibility index (Phi) is 3.48. The molecule has 0 unspecified atom stereocenters. The summed E-state index contributed by atoms with van der Waals surface area (Å²) in [5.41, 5.74) is 2.39. The summed E-state index contributed by atoms with van der Waals surface area (Å²) in [5, 5.41) is 6.99. The average Bonchev–Trinajstić information content (AvgIpc) is 2.34. The predicted molar refractivity (Wildman–Crippen MR) is 73.8 cm³/mol. The molecule has 2 heterocycles. The van der Waals surface area contributed by atoms with Crippen LogP contribution in [0.1, 0.15) is 18.4 Å². The van der Waals surface area contributed by atoms with Crippen molar-refractivity contribution in [3.8, 4) is 0 Å². The van der Waals surface area contributed by atoms with Gasteiger partial charge in [-0.15, -0.1) is 0 Å². The number of aryl methyl sites for hydroxylation is 1. The van der Waals surface area contributed by atoms with E-state index in [0.717, 1.165) is 19.1 Å². The van der Waals surface area contributed by atoms with Crippen LogP contribution in [0.3, 0.4) is 0 Å². The van der Waals surface area contributed by atoms with Crippen molar-refractivity contribution in [2.75, 3.05) is 31.5 Å². The molecule has 0 spiro atoms. The second-order valence-electron chi connectivity index (χ2n) is 5.50. The minimum atomic E-state index is 0.633. The SMILES string of the molecule is Cc1cncc(NC2CC(N3CCNCC3)C2)c1. The van der Waals surface area contributed by atoms with Gasteiger partial charge in [-0.3, -0.25) is 9.88 Å². The largest absolute Gasteiger partial charge is 0.381 e. The molecule has 1 saturated heterocycles. The summed E-state index contributed by atoms with van der Waals surface area (Å²) in [4.78, 5) is 6.85. The number of anilines is 1. The number of piperazine rings is 1. The van der Waals surface area contributed by atoms with Gasteiger partial charge in [-0.1, -0.05) is 0 Å². The molecule has 0 radical (unpaired) electrons. The molecule has 0 atom stereocenters. The molecule has 2 aliphatic rings. The van der Waals surface area contributed by atoms with Gasteiger partial charge in [0, 0.05) is 50.7 Å². The maximum Gasteiger partial charge on any atom is 0.0531 e. The van der Waals surface area contributed by atoms with Crippen molar-refractivity contribution in [1.82, 2.24) is 15.2 Å². The van der Waals surface area contributed by atoms with Crippen LogP contribution in [0.5, 0.6) is 0 Å². The summed E-state index contributed by atoms with van der Waals surface area (Å²) in [6.07, 6.45) is 6.36.